The van der Waals surface area contributed by atoms with E-state index in [0.29, 0.717) is 36.0 Å². The molecule has 0 saturated heterocycles. The van der Waals surface area contributed by atoms with Crippen molar-refractivity contribution in [3.63, 3.8) is 0 Å². The van der Waals surface area contributed by atoms with Crippen molar-refractivity contribution in [2.24, 2.45) is 0 Å². The Balaban J connectivity index is 1.66. The summed E-state index contributed by atoms with van der Waals surface area (Å²) in [6.45, 7) is 2.44. The van der Waals surface area contributed by atoms with Crippen LogP contribution in [0, 0.1) is 6.92 Å². The molecule has 10 nitrogen and oxygen atoms in total. The molecule has 0 spiro atoms. The summed E-state index contributed by atoms with van der Waals surface area (Å²) in [4.78, 5) is 24.4. The maximum Gasteiger partial charge on any atom is 0.264 e. The molecule has 0 aliphatic heterocycles. The van der Waals surface area contributed by atoms with E-state index in [1.165, 1.54) is 42.7 Å². The largest absolute Gasteiger partial charge is 0.475 e. The van der Waals surface area contributed by atoms with Crippen LogP contribution in [-0.4, -0.2) is 49.6 Å². The van der Waals surface area contributed by atoms with Crippen molar-refractivity contribution in [2.45, 2.75) is 11.8 Å². The third kappa shape index (κ3) is 6.20. The van der Waals surface area contributed by atoms with Crippen molar-refractivity contribution < 1.29 is 22.7 Å². The number of hydrogen-bond donors (Lipinski definition) is 2. The number of rotatable bonds is 9. The Kier molecular flexibility index (Phi) is 7.11. The Morgan fingerprint density at radius 2 is 1.77 bits per heavy atom. The number of carbonyl (C=O) groups excluding carboxylic acids is 1. The topological polar surface area (TPSA) is 132 Å². The summed E-state index contributed by atoms with van der Waals surface area (Å²) in [6, 6.07) is 10.4. The fraction of sp³-hybridized carbons (Fsp3) is 0.200. The number of pyridine rings is 1. The lowest BCUT2D eigenvalue weighted by Gasteiger charge is -2.09. The highest BCUT2D eigenvalue weighted by atomic mass is 32.2. The molecule has 0 aliphatic carbocycles. The zero-order valence-corrected chi connectivity index (χ0v) is 17.7. The average molecular weight is 443 g/mol. The minimum absolute atomic E-state index is 0.00773. The lowest BCUT2D eigenvalue weighted by molar-refractivity contribution is 0.102. The van der Waals surface area contributed by atoms with E-state index < -0.39 is 10.0 Å². The van der Waals surface area contributed by atoms with E-state index in [-0.39, 0.29) is 16.8 Å². The Morgan fingerprint density at radius 1 is 1.03 bits per heavy atom. The van der Waals surface area contributed by atoms with Crippen LogP contribution in [0.3, 0.4) is 0 Å². The maximum absolute atomic E-state index is 12.5. The molecule has 0 radical (unpaired) electrons. The van der Waals surface area contributed by atoms with Crippen LogP contribution in [-0.2, 0) is 14.8 Å². The normalized spacial score (nSPS) is 11.0. The first kappa shape index (κ1) is 22.1. The number of amides is 1. The molecule has 1 aromatic carbocycles. The highest BCUT2D eigenvalue weighted by Gasteiger charge is 2.16. The number of carbonyl (C=O) groups is 1. The first-order chi connectivity index (χ1) is 14.9. The van der Waals surface area contributed by atoms with Crippen LogP contribution in [0.1, 0.15) is 16.1 Å². The van der Waals surface area contributed by atoms with Crippen LogP contribution in [0.2, 0.25) is 0 Å². The van der Waals surface area contributed by atoms with Gasteiger partial charge in [-0.2, -0.15) is 0 Å². The summed E-state index contributed by atoms with van der Waals surface area (Å²) in [7, 11) is -2.31. The van der Waals surface area contributed by atoms with E-state index in [1.54, 1.807) is 26.2 Å². The second-order valence-corrected chi connectivity index (χ2v) is 8.01. The van der Waals surface area contributed by atoms with Crippen LogP contribution >= 0.6 is 0 Å². The Hall–Kier alpha value is -3.57. The van der Waals surface area contributed by atoms with Gasteiger partial charge in [0, 0.05) is 42.5 Å². The molecule has 0 atom stereocenters. The number of aryl methyl sites for hydroxylation is 1. The molecule has 0 saturated carbocycles. The summed E-state index contributed by atoms with van der Waals surface area (Å²) < 4.78 is 37.6. The van der Waals surface area contributed by atoms with Gasteiger partial charge in [0.15, 0.2) is 0 Å². The van der Waals surface area contributed by atoms with Gasteiger partial charge in [-0.25, -0.2) is 28.1 Å². The Labute approximate surface area is 179 Å². The van der Waals surface area contributed by atoms with Crippen molar-refractivity contribution in [3.8, 4) is 5.88 Å². The van der Waals surface area contributed by atoms with Gasteiger partial charge in [0.2, 0.25) is 11.8 Å². The van der Waals surface area contributed by atoms with E-state index in [0.717, 1.165) is 0 Å². The van der Waals surface area contributed by atoms with Crippen LogP contribution < -0.4 is 14.8 Å². The number of sulfonamides is 1. The van der Waals surface area contributed by atoms with Crippen molar-refractivity contribution >= 4 is 27.6 Å². The van der Waals surface area contributed by atoms with E-state index >= 15 is 0 Å². The summed E-state index contributed by atoms with van der Waals surface area (Å²) in [6.07, 6.45) is 2.93. The molecule has 2 N–H and O–H groups in total. The predicted octanol–water partition coefficient (Wildman–Crippen LogP) is 2.26. The van der Waals surface area contributed by atoms with Crippen LogP contribution in [0.25, 0.3) is 0 Å². The molecule has 0 aliphatic rings. The lowest BCUT2D eigenvalue weighted by Crippen LogP contribution is -2.16. The molecule has 3 rings (SSSR count). The summed E-state index contributed by atoms with van der Waals surface area (Å²) in [5.41, 5.74) is 1.40. The minimum Gasteiger partial charge on any atom is -0.475 e. The zero-order valence-electron chi connectivity index (χ0n) is 16.9. The standard InChI is InChI=1S/C20H21N5O5S/c1-14-7-9-22-20(23-14)25-31(27,28)17-5-3-16(4-6-17)24-19(26)15-8-10-21-18(13-15)30-12-11-29-2/h3-10,13H,11-12H2,1-2H3,(H,24,26)(H,22,23,25). The van der Waals surface area contributed by atoms with Crippen molar-refractivity contribution in [3.05, 3.63) is 66.1 Å². The molecule has 11 heteroatoms. The van der Waals surface area contributed by atoms with Gasteiger partial charge in [-0.3, -0.25) is 4.79 Å². The van der Waals surface area contributed by atoms with E-state index in [1.807, 2.05) is 0 Å². The number of benzene rings is 1. The molecular formula is C20H21N5O5S. The SMILES string of the molecule is COCCOc1cc(C(=O)Nc2ccc(S(=O)(=O)Nc3nccc(C)n3)cc2)ccn1. The average Bonchev–Trinajstić information content (AvgIpc) is 2.74. The van der Waals surface area contributed by atoms with Gasteiger partial charge in [-0.15, -0.1) is 0 Å². The second kappa shape index (κ2) is 9.96. The number of anilines is 2. The Bertz CT molecular complexity index is 1150. The number of nitrogens with zero attached hydrogens (tertiary/aromatic N) is 3. The fourth-order valence-electron chi connectivity index (χ4n) is 2.46. The van der Waals surface area contributed by atoms with Gasteiger partial charge in [0.25, 0.3) is 15.9 Å². The quantitative estimate of drug-likeness (QED) is 0.481. The smallest absolute Gasteiger partial charge is 0.264 e. The number of nitrogens with one attached hydrogen (secondary N) is 2. The van der Waals surface area contributed by atoms with Crippen molar-refractivity contribution in [1.82, 2.24) is 15.0 Å². The molecule has 0 fully saturated rings. The third-order valence-electron chi connectivity index (χ3n) is 3.98. The molecular weight excluding hydrogens is 422 g/mol. The summed E-state index contributed by atoms with van der Waals surface area (Å²) in [5, 5.41) is 2.70. The third-order valence-corrected chi connectivity index (χ3v) is 5.32. The van der Waals surface area contributed by atoms with Crippen molar-refractivity contribution in [2.75, 3.05) is 30.4 Å². The second-order valence-electron chi connectivity index (χ2n) is 6.33. The molecule has 162 valence electrons. The van der Waals surface area contributed by atoms with Gasteiger partial charge >= 0.3 is 0 Å². The monoisotopic (exact) mass is 443 g/mol. The first-order valence-electron chi connectivity index (χ1n) is 9.19. The molecule has 3 aromatic rings. The maximum atomic E-state index is 12.5. The molecule has 2 aromatic heterocycles. The summed E-state index contributed by atoms with van der Waals surface area (Å²) >= 11 is 0. The van der Waals surface area contributed by atoms with Gasteiger partial charge in [-0.1, -0.05) is 0 Å². The van der Waals surface area contributed by atoms with Crippen molar-refractivity contribution in [1.29, 1.82) is 0 Å². The van der Waals surface area contributed by atoms with Gasteiger partial charge in [-0.05, 0) is 43.3 Å². The first-order valence-corrected chi connectivity index (χ1v) is 10.7. The highest BCUT2D eigenvalue weighted by molar-refractivity contribution is 7.92. The number of methoxy groups -OCH3 is 1. The molecule has 1 amide bonds. The van der Waals surface area contributed by atoms with Gasteiger partial charge in [0.1, 0.15) is 6.61 Å². The fourth-order valence-corrected chi connectivity index (χ4v) is 3.41. The lowest BCUT2D eigenvalue weighted by atomic mass is 10.2. The van der Waals surface area contributed by atoms with Crippen LogP contribution in [0.4, 0.5) is 11.6 Å². The number of hydrogen-bond acceptors (Lipinski definition) is 8. The molecule has 2 heterocycles. The van der Waals surface area contributed by atoms with E-state index in [9.17, 15) is 13.2 Å². The minimum atomic E-state index is -3.87. The Morgan fingerprint density at radius 3 is 2.48 bits per heavy atom. The summed E-state index contributed by atoms with van der Waals surface area (Å²) in [5.74, 6) is -0.102. The molecule has 0 bridgehead atoms. The van der Waals surface area contributed by atoms with Crippen LogP contribution in [0.15, 0.2) is 59.8 Å². The van der Waals surface area contributed by atoms with E-state index in [4.69, 9.17) is 9.47 Å². The molecule has 0 unspecified atom stereocenters. The number of aromatic nitrogens is 3. The predicted molar refractivity (Wildman–Crippen MR) is 114 cm³/mol. The van der Waals surface area contributed by atoms with E-state index in [2.05, 4.69) is 25.0 Å². The molecule has 31 heavy (non-hydrogen) atoms. The van der Waals surface area contributed by atoms with Gasteiger partial charge < -0.3 is 14.8 Å². The van der Waals surface area contributed by atoms with Gasteiger partial charge in [0.05, 0.1) is 11.5 Å². The zero-order chi connectivity index (χ0) is 22.3. The van der Waals surface area contributed by atoms with Crippen LogP contribution in [0.5, 0.6) is 5.88 Å². The highest BCUT2D eigenvalue weighted by Crippen LogP contribution is 2.18. The number of ether oxygens (including phenoxy) is 2.